The lowest BCUT2D eigenvalue weighted by Gasteiger charge is -2.45. The molecule has 0 spiro atoms. The van der Waals surface area contributed by atoms with Crippen LogP contribution < -0.4 is 18.1 Å². The molecule has 3 aliphatic heterocycles. The molecule has 382 valence electrons. The van der Waals surface area contributed by atoms with Crippen molar-refractivity contribution in [2.75, 3.05) is 7.11 Å². The van der Waals surface area contributed by atoms with Crippen LogP contribution in [0.4, 0.5) is 0 Å². The Morgan fingerprint density at radius 2 is 1.24 bits per heavy atom. The molecule has 67 heavy (non-hydrogen) atoms. The number of halogens is 1. The van der Waals surface area contributed by atoms with Crippen molar-refractivity contribution < 1.29 is 102 Å². The van der Waals surface area contributed by atoms with Crippen molar-refractivity contribution in [3.63, 3.8) is 0 Å². The number of cyclic esters (lactones) is 1. The fourth-order valence-electron chi connectivity index (χ4n) is 8.15. The van der Waals surface area contributed by atoms with Crippen LogP contribution in [0.2, 0.25) is 0 Å². The lowest BCUT2D eigenvalue weighted by Crippen LogP contribution is -3.00. The lowest BCUT2D eigenvalue weighted by atomic mass is 9.82. The molecule has 0 amide bonds. The van der Waals surface area contributed by atoms with Crippen molar-refractivity contribution >= 4 is 11.9 Å². The molecule has 0 saturated carbocycles. The number of carbonyl (C=O) groups excluding carboxylic acids is 2. The Morgan fingerprint density at radius 1 is 0.672 bits per heavy atom. The SMILES string of the molecule is COC(=O)[C@H]1[C@@H]2C[C@@H](O[C@@H]3O[C@H](C)[C@@H](O)[C@H]([NH3+])[C@@H]3O)/C=C/C=C/C=C/C=C/C=C/C=C/C=C/[C@H](C)[C@@H](O)[C@H](C)[C@H](C)OC(=O)C[C@H](O)C[C@H](O)[C@@H](O)CC[C@H](O)C[C@H](O)C[C@](O)(C[C@@H]1O)O2.[Cl-]. The minimum absolute atomic E-state index is 0. The largest absolute Gasteiger partial charge is 1.00 e. The van der Waals surface area contributed by atoms with Crippen LogP contribution in [0.15, 0.2) is 85.1 Å². The van der Waals surface area contributed by atoms with Crippen LogP contribution in [0.25, 0.3) is 0 Å². The number of quaternary nitrogens is 1. The Hall–Kier alpha value is -3.15. The Bertz CT molecular complexity index is 1690. The molecule has 13 N–H and O–H groups in total. The van der Waals surface area contributed by atoms with E-state index in [9.17, 15) is 60.7 Å². The summed E-state index contributed by atoms with van der Waals surface area (Å²) in [7, 11) is 1.13. The van der Waals surface area contributed by atoms with Crippen molar-refractivity contribution in [2.24, 2.45) is 17.8 Å². The van der Waals surface area contributed by atoms with Crippen LogP contribution in [-0.4, -0.2) is 168 Å². The number of allylic oxidation sites excluding steroid dienone is 12. The zero-order valence-electron chi connectivity index (χ0n) is 39.0. The molecule has 0 aromatic carbocycles. The number of hydrogen-bond donors (Lipinski definition) is 11. The Balaban J connectivity index is 0.0000154. The second-order valence-electron chi connectivity index (χ2n) is 17.8. The van der Waals surface area contributed by atoms with Crippen molar-refractivity contribution in [1.29, 1.82) is 0 Å². The van der Waals surface area contributed by atoms with Gasteiger partial charge in [0.05, 0.1) is 74.6 Å². The summed E-state index contributed by atoms with van der Waals surface area (Å²) in [6.45, 7) is 6.80. The van der Waals surface area contributed by atoms with Crippen molar-refractivity contribution in [2.45, 2.75) is 177 Å². The van der Waals surface area contributed by atoms with Crippen LogP contribution in [0.1, 0.15) is 79.1 Å². The van der Waals surface area contributed by atoms with Gasteiger partial charge in [-0.05, 0) is 33.1 Å². The molecule has 0 unspecified atom stereocenters. The Morgan fingerprint density at radius 3 is 1.82 bits per heavy atom. The predicted molar refractivity (Wildman–Crippen MR) is 240 cm³/mol. The third-order valence-corrected chi connectivity index (χ3v) is 12.3. The maximum absolute atomic E-state index is 13.1. The van der Waals surface area contributed by atoms with Gasteiger partial charge < -0.3 is 92.9 Å². The van der Waals surface area contributed by atoms with Crippen LogP contribution in [-0.2, 0) is 33.3 Å². The predicted octanol–water partition coefficient (Wildman–Crippen LogP) is -2.91. The van der Waals surface area contributed by atoms with Crippen LogP contribution >= 0.6 is 0 Å². The molecule has 0 radical (unpaired) electrons. The van der Waals surface area contributed by atoms with Gasteiger partial charge in [-0.25, -0.2) is 0 Å². The quantitative estimate of drug-likeness (QED) is 0.126. The molecular formula is C48H76ClNO17. The van der Waals surface area contributed by atoms with Gasteiger partial charge in [0, 0.05) is 37.5 Å². The molecule has 0 aromatic heterocycles. The van der Waals surface area contributed by atoms with E-state index in [1.54, 1.807) is 69.4 Å². The second kappa shape index (κ2) is 29.8. The fourth-order valence-corrected chi connectivity index (χ4v) is 8.15. The standard InChI is InChI=1S/C48H75NO17.ClH/c1-28-18-16-14-12-10-8-6-7-9-11-13-15-17-19-35(65-47-45(59)42(49)44(58)31(4)64-47)25-39-41(46(60)62-5)38(55)27-48(61,66-39)26-34(52)22-32(50)20-21-36(53)37(54)23-33(51)24-40(56)63-30(3)29(2)43(28)57;/h6-19,28-39,41-45,47,50-55,57-59,61H,20-27,49H2,1-5H3;1H/b7-6+,10-8+,11-9+,14-12+,15-13+,18-16+,19-17+;/t28-,29+,30-,31+,32-,33+,34-,35-,36-,37-,38-,39-,41+,42-,43+,44+,45-,47-,48+;/m0./s1. The minimum atomic E-state index is -2.22. The zero-order chi connectivity index (χ0) is 49.1. The number of methoxy groups -OCH3 is 1. The van der Waals surface area contributed by atoms with Gasteiger partial charge in [-0.3, -0.25) is 9.59 Å². The minimum Gasteiger partial charge on any atom is -1.00 e. The molecule has 3 heterocycles. The highest BCUT2D eigenvalue weighted by Crippen LogP contribution is 2.38. The van der Waals surface area contributed by atoms with E-state index >= 15 is 0 Å². The summed E-state index contributed by atoms with van der Waals surface area (Å²) in [5.41, 5.74) is 3.85. The first-order valence-electron chi connectivity index (χ1n) is 22.8. The molecule has 19 heteroatoms. The lowest BCUT2D eigenvalue weighted by molar-refractivity contribution is -0.488. The number of hydrogen-bond acceptors (Lipinski definition) is 17. The van der Waals surface area contributed by atoms with Gasteiger partial charge >= 0.3 is 11.9 Å². The van der Waals surface area contributed by atoms with Gasteiger partial charge in [-0.1, -0.05) is 98.9 Å². The van der Waals surface area contributed by atoms with Crippen molar-refractivity contribution in [1.82, 2.24) is 0 Å². The highest BCUT2D eigenvalue weighted by Gasteiger charge is 2.51. The van der Waals surface area contributed by atoms with E-state index in [-0.39, 0.29) is 50.4 Å². The van der Waals surface area contributed by atoms with E-state index in [1.807, 2.05) is 43.4 Å². The molecule has 2 saturated heterocycles. The monoisotopic (exact) mass is 973 g/mol. The number of carbonyl (C=O) groups is 2. The van der Waals surface area contributed by atoms with Crippen LogP contribution in [0.3, 0.4) is 0 Å². The van der Waals surface area contributed by atoms with Gasteiger partial charge in [0.25, 0.3) is 0 Å². The van der Waals surface area contributed by atoms with Crippen LogP contribution in [0.5, 0.6) is 0 Å². The third kappa shape index (κ3) is 20.0. The molecule has 0 aromatic rings. The molecule has 2 fully saturated rings. The first-order valence-corrected chi connectivity index (χ1v) is 22.8. The highest BCUT2D eigenvalue weighted by molar-refractivity contribution is 5.74. The molecule has 18 nitrogen and oxygen atoms in total. The van der Waals surface area contributed by atoms with Gasteiger partial charge in [-0.2, -0.15) is 0 Å². The van der Waals surface area contributed by atoms with Gasteiger partial charge in [0.1, 0.15) is 24.2 Å². The number of esters is 2. The molecule has 3 rings (SSSR count). The van der Waals surface area contributed by atoms with E-state index in [2.05, 4.69) is 5.73 Å². The Kier molecular flexibility index (Phi) is 26.7. The topological polar surface area (TPSA) is 310 Å². The van der Waals surface area contributed by atoms with E-state index in [0.717, 1.165) is 7.11 Å². The van der Waals surface area contributed by atoms with E-state index in [0.29, 0.717) is 0 Å². The second-order valence-corrected chi connectivity index (χ2v) is 17.8. The normalized spacial score (nSPS) is 44.3. The molecule has 3 aliphatic rings. The molecule has 19 atom stereocenters. The summed E-state index contributed by atoms with van der Waals surface area (Å²) in [5, 5.41) is 109. The number of ether oxygens (including phenoxy) is 5. The number of fused-ring (bicyclic) bond motifs is 2. The maximum Gasteiger partial charge on any atom is 0.313 e. The summed E-state index contributed by atoms with van der Waals surface area (Å²) in [4.78, 5) is 25.7. The maximum atomic E-state index is 13.1. The van der Waals surface area contributed by atoms with E-state index < -0.39 is 141 Å². The number of aliphatic hydroxyl groups excluding tert-OH is 9. The zero-order valence-corrected chi connectivity index (χ0v) is 39.8. The third-order valence-electron chi connectivity index (χ3n) is 12.3. The molecule has 2 bridgehead atoms. The van der Waals surface area contributed by atoms with Gasteiger partial charge in [0.2, 0.25) is 0 Å². The van der Waals surface area contributed by atoms with E-state index in [4.69, 9.17) is 23.7 Å². The van der Waals surface area contributed by atoms with E-state index in [1.165, 1.54) is 0 Å². The highest BCUT2D eigenvalue weighted by atomic mass is 35.5. The average molecular weight is 975 g/mol. The molecule has 0 aliphatic carbocycles. The van der Waals surface area contributed by atoms with Gasteiger partial charge in [-0.15, -0.1) is 0 Å². The van der Waals surface area contributed by atoms with Crippen molar-refractivity contribution in [3.8, 4) is 0 Å². The summed E-state index contributed by atoms with van der Waals surface area (Å²) in [6.07, 6.45) is 5.18. The summed E-state index contributed by atoms with van der Waals surface area (Å²) in [6, 6.07) is -0.874. The fraction of sp³-hybridized carbons (Fsp3) is 0.667. The van der Waals surface area contributed by atoms with Crippen LogP contribution in [0, 0.1) is 17.8 Å². The first kappa shape index (κ1) is 60.0. The summed E-state index contributed by atoms with van der Waals surface area (Å²) < 4.78 is 28.5. The first-order chi connectivity index (χ1) is 31.2. The number of rotatable bonds is 3. The molecular weight excluding hydrogens is 898 g/mol. The van der Waals surface area contributed by atoms with Gasteiger partial charge in [0.15, 0.2) is 18.2 Å². The van der Waals surface area contributed by atoms with Crippen molar-refractivity contribution in [3.05, 3.63) is 85.1 Å². The summed E-state index contributed by atoms with van der Waals surface area (Å²) in [5.74, 6) is -5.89. The Labute approximate surface area is 399 Å². The average Bonchev–Trinajstić information content (AvgIpc) is 3.24. The summed E-state index contributed by atoms with van der Waals surface area (Å²) >= 11 is 0. The smallest absolute Gasteiger partial charge is 0.313 e. The number of aliphatic hydroxyl groups is 10.